The molecule has 1 N–H and O–H groups in total. The fraction of sp³-hybridized carbons (Fsp3) is 0.692. The average Bonchev–Trinajstić information content (AvgIpc) is 2.68. The number of rotatable bonds is 5. The molecule has 1 aromatic heterocycles. The fourth-order valence-corrected chi connectivity index (χ4v) is 2.73. The molecule has 0 aromatic carbocycles. The molecule has 0 radical (unpaired) electrons. The molecule has 0 amide bonds. The SMILES string of the molecule is CCOC1CC(NCc2ccc(Br)o2)C1(C)C. The van der Waals surface area contributed by atoms with Gasteiger partial charge in [0.05, 0.1) is 12.6 Å². The molecule has 1 aliphatic rings. The van der Waals surface area contributed by atoms with Gasteiger partial charge in [0.15, 0.2) is 4.67 Å². The van der Waals surface area contributed by atoms with E-state index in [0.29, 0.717) is 12.1 Å². The van der Waals surface area contributed by atoms with Gasteiger partial charge in [0.2, 0.25) is 0 Å². The zero-order chi connectivity index (χ0) is 12.5. The fourth-order valence-electron chi connectivity index (χ4n) is 2.39. The van der Waals surface area contributed by atoms with E-state index in [0.717, 1.165) is 30.0 Å². The zero-order valence-electron chi connectivity index (χ0n) is 10.6. The maximum atomic E-state index is 5.71. The molecule has 1 fully saturated rings. The molecule has 2 atom stereocenters. The van der Waals surface area contributed by atoms with E-state index < -0.39 is 0 Å². The lowest BCUT2D eigenvalue weighted by atomic mass is 9.64. The van der Waals surface area contributed by atoms with Crippen molar-refractivity contribution in [3.8, 4) is 0 Å². The van der Waals surface area contributed by atoms with Crippen LogP contribution in [0.1, 0.15) is 33.0 Å². The lowest BCUT2D eigenvalue weighted by Gasteiger charge is -2.51. The van der Waals surface area contributed by atoms with Gasteiger partial charge >= 0.3 is 0 Å². The maximum absolute atomic E-state index is 5.71. The first-order valence-corrected chi connectivity index (χ1v) is 6.92. The minimum atomic E-state index is 0.208. The molecule has 17 heavy (non-hydrogen) atoms. The van der Waals surface area contributed by atoms with Gasteiger partial charge in [-0.25, -0.2) is 0 Å². The van der Waals surface area contributed by atoms with Crippen molar-refractivity contribution in [2.75, 3.05) is 6.61 Å². The zero-order valence-corrected chi connectivity index (χ0v) is 12.2. The maximum Gasteiger partial charge on any atom is 0.169 e. The molecule has 2 unspecified atom stereocenters. The first-order chi connectivity index (χ1) is 8.04. The van der Waals surface area contributed by atoms with E-state index in [-0.39, 0.29) is 5.41 Å². The molecule has 0 saturated heterocycles. The number of halogens is 1. The number of hydrogen-bond donors (Lipinski definition) is 1. The predicted octanol–water partition coefficient (Wildman–Crippen LogP) is 3.34. The third-order valence-electron chi connectivity index (χ3n) is 3.70. The van der Waals surface area contributed by atoms with Gasteiger partial charge in [-0.15, -0.1) is 0 Å². The Morgan fingerprint density at radius 2 is 2.29 bits per heavy atom. The molecule has 1 saturated carbocycles. The van der Waals surface area contributed by atoms with Gasteiger partial charge in [-0.1, -0.05) is 13.8 Å². The minimum absolute atomic E-state index is 0.208. The first kappa shape index (κ1) is 13.1. The summed E-state index contributed by atoms with van der Waals surface area (Å²) in [6.07, 6.45) is 1.47. The summed E-state index contributed by atoms with van der Waals surface area (Å²) in [5.41, 5.74) is 0.208. The summed E-state index contributed by atoms with van der Waals surface area (Å²) in [4.78, 5) is 0. The molecule has 0 bridgehead atoms. The molecule has 1 aliphatic carbocycles. The highest BCUT2D eigenvalue weighted by Gasteiger charge is 2.48. The summed E-state index contributed by atoms with van der Waals surface area (Å²) in [6.45, 7) is 8.14. The third-order valence-corrected chi connectivity index (χ3v) is 4.12. The smallest absolute Gasteiger partial charge is 0.169 e. The second-order valence-corrected chi connectivity index (χ2v) is 5.92. The normalized spacial score (nSPS) is 26.8. The Labute approximate surface area is 111 Å². The standard InChI is InChI=1S/C13H20BrNO2/c1-4-16-11-7-10(13(11,2)3)15-8-9-5-6-12(14)17-9/h5-6,10-11,15H,4,7-8H2,1-3H3. The van der Waals surface area contributed by atoms with E-state index in [4.69, 9.17) is 9.15 Å². The molecule has 1 heterocycles. The third kappa shape index (κ3) is 2.75. The van der Waals surface area contributed by atoms with E-state index in [2.05, 4.69) is 42.0 Å². The largest absolute Gasteiger partial charge is 0.453 e. The van der Waals surface area contributed by atoms with Gasteiger partial charge in [-0.3, -0.25) is 0 Å². The summed E-state index contributed by atoms with van der Waals surface area (Å²) in [6, 6.07) is 4.41. The topological polar surface area (TPSA) is 34.4 Å². The Bertz CT molecular complexity index is 375. The van der Waals surface area contributed by atoms with Crippen molar-refractivity contribution in [1.29, 1.82) is 0 Å². The molecule has 2 rings (SSSR count). The van der Waals surface area contributed by atoms with E-state index in [9.17, 15) is 0 Å². The summed E-state index contributed by atoms with van der Waals surface area (Å²) in [5, 5.41) is 3.53. The molecule has 0 aliphatic heterocycles. The Hall–Kier alpha value is -0.320. The van der Waals surface area contributed by atoms with Crippen molar-refractivity contribution in [1.82, 2.24) is 5.32 Å². The average molecular weight is 302 g/mol. The lowest BCUT2D eigenvalue weighted by molar-refractivity contribution is -0.114. The van der Waals surface area contributed by atoms with E-state index in [1.54, 1.807) is 0 Å². The second-order valence-electron chi connectivity index (χ2n) is 5.14. The Morgan fingerprint density at radius 3 is 2.82 bits per heavy atom. The van der Waals surface area contributed by atoms with Crippen molar-refractivity contribution < 1.29 is 9.15 Å². The van der Waals surface area contributed by atoms with Crippen molar-refractivity contribution in [3.05, 3.63) is 22.6 Å². The summed E-state index contributed by atoms with van der Waals surface area (Å²) >= 11 is 3.31. The van der Waals surface area contributed by atoms with Crippen molar-refractivity contribution >= 4 is 15.9 Å². The van der Waals surface area contributed by atoms with Crippen LogP contribution in [-0.4, -0.2) is 18.8 Å². The quantitative estimate of drug-likeness (QED) is 0.906. The summed E-state index contributed by atoms with van der Waals surface area (Å²) < 4.78 is 12.0. The van der Waals surface area contributed by atoms with Crippen molar-refractivity contribution in [2.45, 2.75) is 45.9 Å². The van der Waals surface area contributed by atoms with E-state index in [1.807, 2.05) is 12.1 Å². The minimum Gasteiger partial charge on any atom is -0.453 e. The van der Waals surface area contributed by atoms with Crippen LogP contribution in [0.2, 0.25) is 0 Å². The number of ether oxygens (including phenoxy) is 1. The van der Waals surface area contributed by atoms with Crippen LogP contribution in [0, 0.1) is 5.41 Å². The second kappa shape index (κ2) is 5.12. The summed E-state index contributed by atoms with van der Waals surface area (Å²) in [5.74, 6) is 0.965. The van der Waals surface area contributed by atoms with Gasteiger partial charge in [0.25, 0.3) is 0 Å². The van der Waals surface area contributed by atoms with Gasteiger partial charge < -0.3 is 14.5 Å². The molecule has 3 nitrogen and oxygen atoms in total. The highest BCUT2D eigenvalue weighted by Crippen LogP contribution is 2.42. The van der Waals surface area contributed by atoms with E-state index >= 15 is 0 Å². The van der Waals surface area contributed by atoms with Crippen molar-refractivity contribution in [3.63, 3.8) is 0 Å². The van der Waals surface area contributed by atoms with Crippen molar-refractivity contribution in [2.24, 2.45) is 5.41 Å². The first-order valence-electron chi connectivity index (χ1n) is 6.13. The number of furan rings is 1. The van der Waals surface area contributed by atoms with Crippen LogP contribution in [-0.2, 0) is 11.3 Å². The lowest BCUT2D eigenvalue weighted by Crippen LogP contribution is -2.60. The molecule has 0 spiro atoms. The summed E-state index contributed by atoms with van der Waals surface area (Å²) in [7, 11) is 0. The van der Waals surface area contributed by atoms with Crippen LogP contribution in [0.15, 0.2) is 21.2 Å². The van der Waals surface area contributed by atoms with Gasteiger partial charge in [0, 0.05) is 18.1 Å². The van der Waals surface area contributed by atoms with Crippen LogP contribution in [0.5, 0.6) is 0 Å². The Morgan fingerprint density at radius 1 is 1.53 bits per heavy atom. The van der Waals surface area contributed by atoms with Gasteiger partial charge in [0.1, 0.15) is 5.76 Å². The predicted molar refractivity (Wildman–Crippen MR) is 70.8 cm³/mol. The number of nitrogens with one attached hydrogen (secondary N) is 1. The van der Waals surface area contributed by atoms with E-state index in [1.165, 1.54) is 0 Å². The highest BCUT2D eigenvalue weighted by molar-refractivity contribution is 9.10. The monoisotopic (exact) mass is 301 g/mol. The van der Waals surface area contributed by atoms with Crippen LogP contribution < -0.4 is 5.32 Å². The van der Waals surface area contributed by atoms with Gasteiger partial charge in [-0.2, -0.15) is 0 Å². The molecular weight excluding hydrogens is 282 g/mol. The highest BCUT2D eigenvalue weighted by atomic mass is 79.9. The molecule has 4 heteroatoms. The van der Waals surface area contributed by atoms with Crippen LogP contribution in [0.3, 0.4) is 0 Å². The van der Waals surface area contributed by atoms with Crippen LogP contribution >= 0.6 is 15.9 Å². The van der Waals surface area contributed by atoms with Gasteiger partial charge in [-0.05, 0) is 41.4 Å². The Balaban J connectivity index is 1.82. The molecular formula is C13H20BrNO2. The molecule has 1 aromatic rings. The molecule has 96 valence electrons. The Kier molecular flexibility index (Phi) is 3.95. The number of hydrogen-bond acceptors (Lipinski definition) is 3. The van der Waals surface area contributed by atoms with Crippen LogP contribution in [0.25, 0.3) is 0 Å². The van der Waals surface area contributed by atoms with Crippen LogP contribution in [0.4, 0.5) is 0 Å².